The van der Waals surface area contributed by atoms with E-state index in [4.69, 9.17) is 0 Å². The van der Waals surface area contributed by atoms with Gasteiger partial charge in [0.05, 0.1) is 0 Å². The molecule has 2 nitrogen and oxygen atoms in total. The van der Waals surface area contributed by atoms with Gasteiger partial charge in [-0.3, -0.25) is 4.79 Å². The number of halogens is 1. The molecular formula is C5H10INOS. The maximum Gasteiger partial charge on any atom is 0.217 e. The molecule has 0 aromatic heterocycles. The summed E-state index contributed by atoms with van der Waals surface area (Å²) in [5.74, 6) is 1.02. The van der Waals surface area contributed by atoms with E-state index in [1.54, 1.807) is 8.93 Å². The molecule has 4 heteroatoms. The first-order valence-electron chi connectivity index (χ1n) is 2.67. The van der Waals surface area contributed by atoms with Crippen LogP contribution in [0.4, 0.5) is 0 Å². The SMILES string of the molecule is CC(=O)NC(C)CSI. The molecule has 0 saturated carbocycles. The monoisotopic (exact) mass is 259 g/mol. The molecule has 0 fully saturated rings. The summed E-state index contributed by atoms with van der Waals surface area (Å²) in [6.45, 7) is 3.53. The Hall–Kier alpha value is 0.550. The molecule has 0 bridgehead atoms. The largest absolute Gasteiger partial charge is 0.353 e. The Morgan fingerprint density at radius 3 is 2.78 bits per heavy atom. The van der Waals surface area contributed by atoms with Crippen LogP contribution in [0.25, 0.3) is 0 Å². The first kappa shape index (κ1) is 9.55. The van der Waals surface area contributed by atoms with E-state index in [-0.39, 0.29) is 5.91 Å². The van der Waals surface area contributed by atoms with E-state index in [2.05, 4.69) is 26.5 Å². The van der Waals surface area contributed by atoms with Crippen molar-refractivity contribution in [3.63, 3.8) is 0 Å². The summed E-state index contributed by atoms with van der Waals surface area (Å²) in [5, 5.41) is 2.78. The van der Waals surface area contributed by atoms with Crippen molar-refractivity contribution in [2.75, 3.05) is 5.75 Å². The minimum Gasteiger partial charge on any atom is -0.353 e. The lowest BCUT2D eigenvalue weighted by atomic mass is 10.4. The fourth-order valence-electron chi connectivity index (χ4n) is 0.483. The van der Waals surface area contributed by atoms with Gasteiger partial charge in [0.2, 0.25) is 5.91 Å². The molecule has 0 spiro atoms. The van der Waals surface area contributed by atoms with Crippen molar-refractivity contribution < 1.29 is 4.79 Å². The van der Waals surface area contributed by atoms with Crippen LogP contribution in [0.2, 0.25) is 0 Å². The standard InChI is InChI=1S/C5H10INOS/c1-4(3-9-6)7-5(2)8/h4H,3H2,1-2H3,(H,7,8). The Morgan fingerprint density at radius 2 is 2.44 bits per heavy atom. The fourth-order valence-corrected chi connectivity index (χ4v) is 2.37. The predicted molar refractivity (Wildman–Crippen MR) is 49.8 cm³/mol. The normalized spacial score (nSPS) is 12.8. The summed E-state index contributed by atoms with van der Waals surface area (Å²) in [7, 11) is 1.71. The predicted octanol–water partition coefficient (Wildman–Crippen LogP) is 1.59. The molecule has 0 saturated heterocycles. The van der Waals surface area contributed by atoms with Gasteiger partial charge in [-0.25, -0.2) is 0 Å². The van der Waals surface area contributed by atoms with Crippen LogP contribution in [0.15, 0.2) is 0 Å². The lowest BCUT2D eigenvalue weighted by Gasteiger charge is -2.08. The fraction of sp³-hybridized carbons (Fsp3) is 0.800. The smallest absolute Gasteiger partial charge is 0.217 e. The van der Waals surface area contributed by atoms with Crippen molar-refractivity contribution in [2.45, 2.75) is 19.9 Å². The first-order valence-corrected chi connectivity index (χ1v) is 6.20. The van der Waals surface area contributed by atoms with Crippen LogP contribution in [0.5, 0.6) is 0 Å². The van der Waals surface area contributed by atoms with Crippen LogP contribution < -0.4 is 5.32 Å². The number of carbonyl (C=O) groups excluding carboxylic acids is 1. The zero-order valence-corrected chi connectivity index (χ0v) is 8.45. The zero-order chi connectivity index (χ0) is 7.28. The molecular weight excluding hydrogens is 249 g/mol. The van der Waals surface area contributed by atoms with Crippen LogP contribution in [0.3, 0.4) is 0 Å². The van der Waals surface area contributed by atoms with Gasteiger partial charge in [-0.2, -0.15) is 0 Å². The van der Waals surface area contributed by atoms with Crippen molar-refractivity contribution in [3.8, 4) is 0 Å². The van der Waals surface area contributed by atoms with E-state index < -0.39 is 0 Å². The molecule has 0 radical (unpaired) electrons. The van der Waals surface area contributed by atoms with Crippen molar-refractivity contribution in [1.82, 2.24) is 5.32 Å². The number of rotatable bonds is 3. The molecule has 54 valence electrons. The molecule has 0 aromatic carbocycles. The highest BCUT2D eigenvalue weighted by molar-refractivity contribution is 14.2. The summed E-state index contributed by atoms with van der Waals surface area (Å²) in [6.07, 6.45) is 0. The Morgan fingerprint density at radius 1 is 1.89 bits per heavy atom. The highest BCUT2D eigenvalue weighted by atomic mass is 127. The quantitative estimate of drug-likeness (QED) is 0.780. The maximum absolute atomic E-state index is 10.4. The summed E-state index contributed by atoms with van der Waals surface area (Å²) < 4.78 is 0. The minimum atomic E-state index is 0.0490. The third kappa shape index (κ3) is 6.44. The van der Waals surface area contributed by atoms with Crippen molar-refractivity contribution in [3.05, 3.63) is 0 Å². The van der Waals surface area contributed by atoms with Crippen LogP contribution in [0.1, 0.15) is 13.8 Å². The first-order chi connectivity index (χ1) is 4.16. The Labute approximate surface area is 71.7 Å². The van der Waals surface area contributed by atoms with Crippen LogP contribution in [-0.4, -0.2) is 17.7 Å². The summed E-state index contributed by atoms with van der Waals surface area (Å²) >= 11 is 2.21. The molecule has 9 heavy (non-hydrogen) atoms. The number of carbonyl (C=O) groups is 1. The molecule has 1 amide bonds. The third-order valence-corrected chi connectivity index (χ3v) is 2.47. The number of hydrogen-bond donors (Lipinski definition) is 1. The Bertz CT molecular complexity index is 99.0. The van der Waals surface area contributed by atoms with Gasteiger partial charge in [-0.05, 0) is 28.1 Å². The van der Waals surface area contributed by atoms with Crippen molar-refractivity contribution >= 4 is 36.0 Å². The molecule has 0 aliphatic carbocycles. The average Bonchev–Trinajstić information content (AvgIpc) is 1.63. The molecule has 1 N–H and O–H groups in total. The number of nitrogens with one attached hydrogen (secondary N) is 1. The Kier molecular flexibility index (Phi) is 5.67. The molecule has 0 aliphatic rings. The molecule has 0 heterocycles. The van der Waals surface area contributed by atoms with Gasteiger partial charge in [0.25, 0.3) is 0 Å². The highest BCUT2D eigenvalue weighted by Gasteiger charge is 2.00. The van der Waals surface area contributed by atoms with Gasteiger partial charge in [0.1, 0.15) is 0 Å². The maximum atomic E-state index is 10.4. The van der Waals surface area contributed by atoms with Gasteiger partial charge < -0.3 is 5.32 Å². The average molecular weight is 259 g/mol. The second-order valence-electron chi connectivity index (χ2n) is 1.88. The molecule has 0 aromatic rings. The molecule has 1 atom stereocenters. The molecule has 0 rings (SSSR count). The van der Waals surface area contributed by atoms with Gasteiger partial charge in [0, 0.05) is 18.7 Å². The van der Waals surface area contributed by atoms with Crippen LogP contribution >= 0.6 is 30.1 Å². The topological polar surface area (TPSA) is 29.1 Å². The van der Waals surface area contributed by atoms with E-state index in [1.165, 1.54) is 6.92 Å². The Balaban J connectivity index is 3.26. The van der Waals surface area contributed by atoms with E-state index in [9.17, 15) is 4.79 Å². The molecule has 0 aliphatic heterocycles. The second kappa shape index (κ2) is 5.34. The highest BCUT2D eigenvalue weighted by Crippen LogP contribution is 2.11. The number of amides is 1. The van der Waals surface area contributed by atoms with E-state index in [0.717, 1.165) is 5.75 Å². The second-order valence-corrected chi connectivity index (χ2v) is 4.30. The van der Waals surface area contributed by atoms with Gasteiger partial charge in [-0.1, -0.05) is 8.93 Å². The number of hydrogen-bond acceptors (Lipinski definition) is 2. The lowest BCUT2D eigenvalue weighted by molar-refractivity contribution is -0.119. The lowest BCUT2D eigenvalue weighted by Crippen LogP contribution is -2.31. The van der Waals surface area contributed by atoms with E-state index in [0.29, 0.717) is 6.04 Å². The summed E-state index contributed by atoms with van der Waals surface area (Å²) in [4.78, 5) is 10.4. The van der Waals surface area contributed by atoms with Gasteiger partial charge in [0.15, 0.2) is 0 Å². The summed E-state index contributed by atoms with van der Waals surface area (Å²) in [5.41, 5.74) is 0. The van der Waals surface area contributed by atoms with Gasteiger partial charge >= 0.3 is 0 Å². The van der Waals surface area contributed by atoms with Crippen molar-refractivity contribution in [2.24, 2.45) is 0 Å². The zero-order valence-electron chi connectivity index (χ0n) is 5.48. The van der Waals surface area contributed by atoms with Gasteiger partial charge in [-0.15, -0.1) is 0 Å². The third-order valence-electron chi connectivity index (χ3n) is 0.763. The van der Waals surface area contributed by atoms with E-state index in [1.807, 2.05) is 6.92 Å². The summed E-state index contributed by atoms with van der Waals surface area (Å²) in [6, 6.07) is 0.296. The van der Waals surface area contributed by atoms with Crippen molar-refractivity contribution in [1.29, 1.82) is 0 Å². The van der Waals surface area contributed by atoms with Crippen LogP contribution in [0, 0.1) is 0 Å². The van der Waals surface area contributed by atoms with E-state index >= 15 is 0 Å². The molecule has 1 unspecified atom stereocenters. The minimum absolute atomic E-state index is 0.0490. The van der Waals surface area contributed by atoms with Crippen LogP contribution in [-0.2, 0) is 4.79 Å².